The average molecular weight is 270 g/mol. The molecule has 6 heteroatoms. The number of benzene rings is 1. The summed E-state index contributed by atoms with van der Waals surface area (Å²) in [7, 11) is 0. The van der Waals surface area contributed by atoms with E-state index in [9.17, 15) is 18.7 Å². The second kappa shape index (κ2) is 5.13. The molecule has 1 amide bonds. The molecule has 0 bridgehead atoms. The quantitative estimate of drug-likeness (QED) is 0.798. The lowest BCUT2D eigenvalue weighted by Crippen LogP contribution is -2.40. The van der Waals surface area contributed by atoms with Gasteiger partial charge in [-0.2, -0.15) is 0 Å². The molecule has 1 aromatic carbocycles. The number of aliphatic hydroxyl groups is 1. The van der Waals surface area contributed by atoms with E-state index in [1.54, 1.807) is 0 Å². The van der Waals surface area contributed by atoms with Crippen molar-refractivity contribution in [2.45, 2.75) is 19.4 Å². The number of amides is 1. The fourth-order valence-corrected chi connectivity index (χ4v) is 2.44. The fraction of sp³-hybridized carbons (Fsp3) is 0.462. The molecule has 0 aliphatic carbocycles. The minimum Gasteiger partial charge on any atom is -0.398 e. The van der Waals surface area contributed by atoms with E-state index in [2.05, 4.69) is 0 Å². The van der Waals surface area contributed by atoms with Crippen LogP contribution in [0.5, 0.6) is 0 Å². The zero-order chi connectivity index (χ0) is 14.2. The van der Waals surface area contributed by atoms with Gasteiger partial charge in [-0.3, -0.25) is 4.79 Å². The first-order valence-electron chi connectivity index (χ1n) is 6.12. The molecular weight excluding hydrogens is 254 g/mol. The van der Waals surface area contributed by atoms with E-state index in [1.807, 2.05) is 6.92 Å². The molecule has 1 aromatic rings. The highest BCUT2D eigenvalue weighted by Crippen LogP contribution is 2.27. The summed E-state index contributed by atoms with van der Waals surface area (Å²) in [6.07, 6.45) is 0.764. The summed E-state index contributed by atoms with van der Waals surface area (Å²) in [4.78, 5) is 13.8. The van der Waals surface area contributed by atoms with E-state index >= 15 is 0 Å². The maximum atomic E-state index is 13.2. The first kappa shape index (κ1) is 13.7. The molecule has 0 saturated carbocycles. The van der Waals surface area contributed by atoms with Crippen molar-refractivity contribution in [3.8, 4) is 0 Å². The van der Waals surface area contributed by atoms with Crippen LogP contribution in [0.25, 0.3) is 0 Å². The molecule has 1 saturated heterocycles. The zero-order valence-electron chi connectivity index (χ0n) is 10.6. The maximum absolute atomic E-state index is 13.2. The fourth-order valence-electron chi connectivity index (χ4n) is 2.44. The smallest absolute Gasteiger partial charge is 0.256 e. The van der Waals surface area contributed by atoms with Gasteiger partial charge >= 0.3 is 0 Å². The van der Waals surface area contributed by atoms with E-state index < -0.39 is 17.5 Å². The Morgan fingerprint density at radius 2 is 2.11 bits per heavy atom. The van der Waals surface area contributed by atoms with Crippen LogP contribution in [-0.2, 0) is 0 Å². The number of nitrogens with two attached hydrogens (primary N) is 1. The van der Waals surface area contributed by atoms with E-state index in [0.717, 1.165) is 18.6 Å². The van der Waals surface area contributed by atoms with E-state index in [0.29, 0.717) is 6.54 Å². The topological polar surface area (TPSA) is 66.6 Å². The first-order chi connectivity index (χ1) is 8.95. The Morgan fingerprint density at radius 1 is 1.47 bits per heavy atom. The first-order valence-corrected chi connectivity index (χ1v) is 6.12. The number of carbonyl (C=O) groups is 1. The summed E-state index contributed by atoms with van der Waals surface area (Å²) in [6.45, 7) is 2.25. The minimum atomic E-state index is -1.11. The number of hydrogen-bond acceptors (Lipinski definition) is 3. The van der Waals surface area contributed by atoms with Crippen LogP contribution in [0.1, 0.15) is 23.7 Å². The summed E-state index contributed by atoms with van der Waals surface area (Å²) in [5.41, 5.74) is 5.40. The average Bonchev–Trinajstić information content (AvgIpc) is 2.74. The van der Waals surface area contributed by atoms with E-state index in [-0.39, 0.29) is 29.8 Å². The molecule has 1 fully saturated rings. The van der Waals surface area contributed by atoms with Crippen molar-refractivity contribution in [1.29, 1.82) is 0 Å². The molecule has 2 unspecified atom stereocenters. The SMILES string of the molecule is CC1CCN(C(=O)c2cc(F)c(F)cc2N)C1CO. The third kappa shape index (κ3) is 2.40. The Hall–Kier alpha value is -1.69. The molecule has 0 aromatic heterocycles. The van der Waals surface area contributed by atoms with Crippen LogP contribution >= 0.6 is 0 Å². The van der Waals surface area contributed by atoms with Crippen LogP contribution in [0.3, 0.4) is 0 Å². The summed E-state index contributed by atoms with van der Waals surface area (Å²) >= 11 is 0. The number of nitrogen functional groups attached to an aromatic ring is 1. The van der Waals surface area contributed by atoms with Crippen molar-refractivity contribution in [3.05, 3.63) is 29.3 Å². The van der Waals surface area contributed by atoms with Crippen molar-refractivity contribution in [2.24, 2.45) is 5.92 Å². The van der Waals surface area contributed by atoms with Crippen molar-refractivity contribution >= 4 is 11.6 Å². The molecule has 2 atom stereocenters. The highest BCUT2D eigenvalue weighted by atomic mass is 19.2. The molecule has 19 heavy (non-hydrogen) atoms. The molecule has 0 spiro atoms. The molecule has 1 aliphatic rings. The number of aliphatic hydroxyl groups excluding tert-OH is 1. The number of likely N-dealkylation sites (tertiary alicyclic amines) is 1. The largest absolute Gasteiger partial charge is 0.398 e. The van der Waals surface area contributed by atoms with Crippen LogP contribution in [0.15, 0.2) is 12.1 Å². The number of anilines is 1. The van der Waals surface area contributed by atoms with Crippen molar-refractivity contribution in [2.75, 3.05) is 18.9 Å². The third-order valence-electron chi connectivity index (χ3n) is 3.65. The van der Waals surface area contributed by atoms with Crippen molar-refractivity contribution in [1.82, 2.24) is 4.90 Å². The summed E-state index contributed by atoms with van der Waals surface area (Å²) in [6, 6.07) is 1.31. The minimum absolute atomic E-state index is 0.0635. The van der Waals surface area contributed by atoms with Crippen LogP contribution in [0, 0.1) is 17.6 Å². The van der Waals surface area contributed by atoms with Crippen LogP contribution in [-0.4, -0.2) is 35.1 Å². The number of halogens is 2. The molecule has 104 valence electrons. The molecule has 3 N–H and O–H groups in total. The van der Waals surface area contributed by atoms with Gasteiger partial charge in [0, 0.05) is 18.3 Å². The van der Waals surface area contributed by atoms with Crippen LogP contribution in [0.4, 0.5) is 14.5 Å². The van der Waals surface area contributed by atoms with Crippen molar-refractivity contribution in [3.63, 3.8) is 0 Å². The molecule has 2 rings (SSSR count). The predicted molar refractivity (Wildman–Crippen MR) is 66.5 cm³/mol. The molecule has 1 aliphatic heterocycles. The highest BCUT2D eigenvalue weighted by molar-refractivity contribution is 5.99. The van der Waals surface area contributed by atoms with E-state index in [4.69, 9.17) is 5.73 Å². The van der Waals surface area contributed by atoms with Gasteiger partial charge in [-0.25, -0.2) is 8.78 Å². The van der Waals surface area contributed by atoms with Gasteiger partial charge in [-0.05, 0) is 18.4 Å². The molecule has 4 nitrogen and oxygen atoms in total. The van der Waals surface area contributed by atoms with Gasteiger partial charge in [-0.15, -0.1) is 0 Å². The highest BCUT2D eigenvalue weighted by Gasteiger charge is 2.35. The van der Waals surface area contributed by atoms with Gasteiger partial charge in [0.25, 0.3) is 5.91 Å². The van der Waals surface area contributed by atoms with Gasteiger partial charge in [0.2, 0.25) is 0 Å². The second-order valence-corrected chi connectivity index (χ2v) is 4.87. The van der Waals surface area contributed by atoms with Gasteiger partial charge in [-0.1, -0.05) is 6.92 Å². The van der Waals surface area contributed by atoms with Crippen LogP contribution < -0.4 is 5.73 Å². The van der Waals surface area contributed by atoms with Gasteiger partial charge < -0.3 is 15.7 Å². The zero-order valence-corrected chi connectivity index (χ0v) is 10.6. The number of hydrogen-bond donors (Lipinski definition) is 2. The predicted octanol–water partition coefficient (Wildman–Crippen LogP) is 1.39. The third-order valence-corrected chi connectivity index (χ3v) is 3.65. The lowest BCUT2D eigenvalue weighted by atomic mass is 10.0. The number of carbonyl (C=O) groups excluding carboxylic acids is 1. The molecule has 1 heterocycles. The Kier molecular flexibility index (Phi) is 3.71. The number of rotatable bonds is 2. The molecule has 0 radical (unpaired) electrons. The maximum Gasteiger partial charge on any atom is 0.256 e. The van der Waals surface area contributed by atoms with Gasteiger partial charge in [0.1, 0.15) is 0 Å². The normalized spacial score (nSPS) is 22.8. The lowest BCUT2D eigenvalue weighted by molar-refractivity contribution is 0.0648. The molecular formula is C13H16F2N2O2. The van der Waals surface area contributed by atoms with Gasteiger partial charge in [0.05, 0.1) is 18.2 Å². The number of nitrogens with zero attached hydrogens (tertiary/aromatic N) is 1. The Balaban J connectivity index is 2.32. The monoisotopic (exact) mass is 270 g/mol. The summed E-state index contributed by atoms with van der Waals surface area (Å²) < 4.78 is 26.2. The second-order valence-electron chi connectivity index (χ2n) is 4.87. The summed E-state index contributed by atoms with van der Waals surface area (Å²) in [5.74, 6) is -2.49. The lowest BCUT2D eigenvalue weighted by Gasteiger charge is -2.25. The Bertz CT molecular complexity index is 508. The van der Waals surface area contributed by atoms with Crippen molar-refractivity contribution < 1.29 is 18.7 Å². The Labute approximate surface area is 109 Å². The van der Waals surface area contributed by atoms with Crippen LogP contribution in [0.2, 0.25) is 0 Å². The van der Waals surface area contributed by atoms with Gasteiger partial charge in [0.15, 0.2) is 11.6 Å². The van der Waals surface area contributed by atoms with E-state index in [1.165, 1.54) is 4.90 Å². The summed E-state index contributed by atoms with van der Waals surface area (Å²) in [5, 5.41) is 9.31. The standard InChI is InChI=1S/C13H16F2N2O2/c1-7-2-3-17(12(7)6-18)13(19)8-4-9(14)10(15)5-11(8)16/h4-5,7,12,18H,2-3,6,16H2,1H3. The Morgan fingerprint density at radius 3 is 2.74 bits per heavy atom.